The predicted octanol–water partition coefficient (Wildman–Crippen LogP) is 2.92. The summed E-state index contributed by atoms with van der Waals surface area (Å²) in [6, 6.07) is 5.20. The molecule has 0 unspecified atom stereocenters. The number of benzene rings is 1. The lowest BCUT2D eigenvalue weighted by atomic mass is 9.97. The molecule has 1 aromatic rings. The van der Waals surface area contributed by atoms with E-state index in [1.165, 1.54) is 6.92 Å². The third kappa shape index (κ3) is 1.94. The van der Waals surface area contributed by atoms with Gasteiger partial charge in [0.25, 0.3) is 0 Å². The minimum Gasteiger partial charge on any atom is -0.295 e. The first-order chi connectivity index (χ1) is 6.20. The van der Waals surface area contributed by atoms with Crippen LogP contribution in [-0.2, 0) is 13.1 Å². The summed E-state index contributed by atoms with van der Waals surface area (Å²) in [5, 5.41) is 0. The summed E-state index contributed by atoms with van der Waals surface area (Å²) in [4.78, 5) is 11.2. The van der Waals surface area contributed by atoms with Gasteiger partial charge < -0.3 is 0 Å². The summed E-state index contributed by atoms with van der Waals surface area (Å²) in [6.45, 7) is 2.95. The van der Waals surface area contributed by atoms with Crippen LogP contribution in [0.15, 0.2) is 18.2 Å². The Morgan fingerprint density at radius 2 is 2.15 bits per heavy atom. The molecule has 1 nitrogen and oxygen atoms in total. The monoisotopic (exact) mass is 180 g/mol. The van der Waals surface area contributed by atoms with Gasteiger partial charge in [-0.15, -0.1) is 0 Å². The van der Waals surface area contributed by atoms with Crippen molar-refractivity contribution in [2.45, 2.75) is 26.9 Å². The van der Waals surface area contributed by atoms with Gasteiger partial charge in [-0.25, -0.2) is 4.39 Å². The van der Waals surface area contributed by atoms with E-state index >= 15 is 0 Å². The lowest BCUT2D eigenvalue weighted by Gasteiger charge is -2.08. The fraction of sp³-hybridized carbons (Fsp3) is 0.364. The molecule has 0 spiro atoms. The van der Waals surface area contributed by atoms with Gasteiger partial charge >= 0.3 is 0 Å². The van der Waals surface area contributed by atoms with Crippen molar-refractivity contribution in [3.05, 3.63) is 34.9 Å². The lowest BCUT2D eigenvalue weighted by Crippen LogP contribution is -2.01. The minimum absolute atomic E-state index is 0.00662. The molecule has 0 aliphatic rings. The average molecular weight is 180 g/mol. The van der Waals surface area contributed by atoms with Crippen LogP contribution in [0.2, 0.25) is 0 Å². The van der Waals surface area contributed by atoms with Crippen LogP contribution in [0.5, 0.6) is 0 Å². The highest BCUT2D eigenvalue weighted by Gasteiger charge is 2.09. The van der Waals surface area contributed by atoms with Gasteiger partial charge in [-0.3, -0.25) is 4.79 Å². The summed E-state index contributed by atoms with van der Waals surface area (Å²) >= 11 is 0. The van der Waals surface area contributed by atoms with Crippen molar-refractivity contribution in [2.75, 3.05) is 0 Å². The van der Waals surface area contributed by atoms with Crippen LogP contribution < -0.4 is 0 Å². The first-order valence-corrected chi connectivity index (χ1v) is 4.38. The highest BCUT2D eigenvalue weighted by molar-refractivity contribution is 5.95. The number of hydrogen-bond donors (Lipinski definition) is 0. The first kappa shape index (κ1) is 9.90. The number of carbonyl (C=O) groups excluding carboxylic acids is 1. The van der Waals surface area contributed by atoms with Crippen LogP contribution in [0.3, 0.4) is 0 Å². The maximum absolute atomic E-state index is 12.5. The summed E-state index contributed by atoms with van der Waals surface area (Å²) in [5.41, 5.74) is 2.13. The Bertz CT molecular complexity index is 318. The Hall–Kier alpha value is -1.18. The van der Waals surface area contributed by atoms with E-state index in [2.05, 4.69) is 0 Å². The Morgan fingerprint density at radius 1 is 1.46 bits per heavy atom. The summed E-state index contributed by atoms with van der Waals surface area (Å²) in [6.07, 6.45) is 0.703. The van der Waals surface area contributed by atoms with Gasteiger partial charge in [0.2, 0.25) is 0 Å². The molecule has 0 N–H and O–H groups in total. The maximum Gasteiger partial charge on any atom is 0.160 e. The molecular formula is C11H13FO. The molecule has 70 valence electrons. The summed E-state index contributed by atoms with van der Waals surface area (Å²) in [7, 11) is 0. The zero-order valence-electron chi connectivity index (χ0n) is 7.93. The van der Waals surface area contributed by atoms with Gasteiger partial charge in [0.1, 0.15) is 6.67 Å². The van der Waals surface area contributed by atoms with Crippen molar-refractivity contribution in [3.8, 4) is 0 Å². The van der Waals surface area contributed by atoms with Gasteiger partial charge in [0.05, 0.1) is 0 Å². The molecule has 0 bridgehead atoms. The summed E-state index contributed by atoms with van der Waals surface area (Å²) in [5.74, 6) is 0.00662. The Balaban J connectivity index is 3.27. The van der Waals surface area contributed by atoms with Crippen molar-refractivity contribution in [1.29, 1.82) is 0 Å². The van der Waals surface area contributed by atoms with Crippen molar-refractivity contribution < 1.29 is 9.18 Å². The second kappa shape index (κ2) is 4.17. The van der Waals surface area contributed by atoms with Gasteiger partial charge in [-0.05, 0) is 24.5 Å². The molecule has 0 atom stereocenters. The molecule has 0 radical (unpaired) electrons. The molecule has 0 aromatic heterocycles. The number of hydrogen-bond acceptors (Lipinski definition) is 1. The quantitative estimate of drug-likeness (QED) is 0.653. The molecule has 1 rings (SSSR count). The lowest BCUT2D eigenvalue weighted by molar-refractivity contribution is 0.101. The van der Waals surface area contributed by atoms with Crippen LogP contribution in [0.25, 0.3) is 0 Å². The van der Waals surface area contributed by atoms with Crippen molar-refractivity contribution in [1.82, 2.24) is 0 Å². The fourth-order valence-electron chi connectivity index (χ4n) is 1.51. The van der Waals surface area contributed by atoms with E-state index < -0.39 is 6.67 Å². The van der Waals surface area contributed by atoms with Crippen LogP contribution in [0, 0.1) is 0 Å². The number of Topliss-reactive ketones (excluding diaryl/α,β-unsaturated/α-hetero) is 1. The number of ketones is 1. The van der Waals surface area contributed by atoms with E-state index in [-0.39, 0.29) is 5.78 Å². The number of carbonyl (C=O) groups is 1. The molecule has 0 heterocycles. The first-order valence-electron chi connectivity index (χ1n) is 4.38. The summed E-state index contributed by atoms with van der Waals surface area (Å²) < 4.78 is 12.5. The largest absolute Gasteiger partial charge is 0.295 e. The highest BCUT2D eigenvalue weighted by atomic mass is 19.1. The molecule has 0 aliphatic heterocycles. The third-order valence-electron chi connectivity index (χ3n) is 2.15. The number of halogens is 1. The second-order valence-electron chi connectivity index (χ2n) is 2.99. The zero-order valence-corrected chi connectivity index (χ0v) is 7.93. The molecule has 2 heteroatoms. The van der Waals surface area contributed by atoms with Crippen LogP contribution in [0.4, 0.5) is 4.39 Å². The predicted molar refractivity (Wildman–Crippen MR) is 50.6 cm³/mol. The van der Waals surface area contributed by atoms with E-state index in [4.69, 9.17) is 0 Å². The molecule has 0 amide bonds. The van der Waals surface area contributed by atoms with E-state index in [0.29, 0.717) is 17.5 Å². The normalized spacial score (nSPS) is 10.1. The van der Waals surface area contributed by atoms with E-state index in [1.807, 2.05) is 6.92 Å². The molecular weight excluding hydrogens is 167 g/mol. The van der Waals surface area contributed by atoms with Crippen molar-refractivity contribution in [2.24, 2.45) is 0 Å². The maximum atomic E-state index is 12.5. The molecule has 0 fully saturated rings. The SMILES string of the molecule is CCc1c(CF)cccc1C(C)=O. The number of rotatable bonds is 3. The smallest absolute Gasteiger partial charge is 0.160 e. The molecule has 0 saturated heterocycles. The van der Waals surface area contributed by atoms with E-state index in [9.17, 15) is 9.18 Å². The van der Waals surface area contributed by atoms with E-state index in [1.54, 1.807) is 18.2 Å². The highest BCUT2D eigenvalue weighted by Crippen LogP contribution is 2.17. The molecule has 1 aromatic carbocycles. The van der Waals surface area contributed by atoms with Crippen molar-refractivity contribution >= 4 is 5.78 Å². The van der Waals surface area contributed by atoms with Crippen LogP contribution >= 0.6 is 0 Å². The number of alkyl halides is 1. The van der Waals surface area contributed by atoms with Crippen molar-refractivity contribution in [3.63, 3.8) is 0 Å². The molecule has 13 heavy (non-hydrogen) atoms. The van der Waals surface area contributed by atoms with Gasteiger partial charge in [-0.2, -0.15) is 0 Å². The second-order valence-corrected chi connectivity index (χ2v) is 2.99. The van der Waals surface area contributed by atoms with Gasteiger partial charge in [0.15, 0.2) is 5.78 Å². The minimum atomic E-state index is -0.496. The fourth-order valence-corrected chi connectivity index (χ4v) is 1.51. The Kier molecular flexibility index (Phi) is 3.18. The Morgan fingerprint density at radius 3 is 2.62 bits per heavy atom. The van der Waals surface area contributed by atoms with Gasteiger partial charge in [-0.1, -0.05) is 25.1 Å². The Labute approximate surface area is 77.6 Å². The van der Waals surface area contributed by atoms with Crippen LogP contribution in [0.1, 0.15) is 35.3 Å². The van der Waals surface area contributed by atoms with E-state index in [0.717, 1.165) is 5.56 Å². The standard InChI is InChI=1S/C11H13FO/c1-3-10-9(7-12)5-4-6-11(10)8(2)13/h4-6H,3,7H2,1-2H3. The van der Waals surface area contributed by atoms with Gasteiger partial charge in [0, 0.05) is 5.56 Å². The average Bonchev–Trinajstić information content (AvgIpc) is 2.16. The third-order valence-corrected chi connectivity index (χ3v) is 2.15. The topological polar surface area (TPSA) is 17.1 Å². The molecule has 0 aliphatic carbocycles. The zero-order chi connectivity index (χ0) is 9.84. The molecule has 0 saturated carbocycles. The van der Waals surface area contributed by atoms with Crippen LogP contribution in [-0.4, -0.2) is 5.78 Å².